The molecule has 6 nitrogen and oxygen atoms in total. The minimum absolute atomic E-state index is 0.153. The summed E-state index contributed by atoms with van der Waals surface area (Å²) in [5, 5.41) is 16.0. The first-order valence-corrected chi connectivity index (χ1v) is 8.61. The predicted octanol–water partition coefficient (Wildman–Crippen LogP) is 2.23. The van der Waals surface area contributed by atoms with Crippen LogP contribution in [0.5, 0.6) is 0 Å². The number of carbonyl (C=O) groups excluding carboxylic acids is 1. The highest BCUT2D eigenvalue weighted by Crippen LogP contribution is 2.26. The number of piperidine rings is 1. The molecule has 2 atom stereocenters. The molecule has 2 amide bonds. The molecular formula is C16H23ClN4O2. The number of amides is 2. The van der Waals surface area contributed by atoms with E-state index in [-0.39, 0.29) is 23.3 Å². The average molecular weight is 339 g/mol. The number of likely N-dealkylation sites (tertiary alicyclic amines) is 1. The zero-order chi connectivity index (χ0) is 16.2. The summed E-state index contributed by atoms with van der Waals surface area (Å²) in [5.74, 6) is 0. The number of aromatic nitrogens is 1. The van der Waals surface area contributed by atoms with E-state index in [4.69, 9.17) is 11.6 Å². The molecule has 2 heterocycles. The monoisotopic (exact) mass is 338 g/mol. The normalized spacial score (nSPS) is 26.2. The Kier molecular flexibility index (Phi) is 5.35. The van der Waals surface area contributed by atoms with E-state index >= 15 is 0 Å². The summed E-state index contributed by atoms with van der Waals surface area (Å²) < 4.78 is 0. The molecule has 0 unspecified atom stereocenters. The first-order chi connectivity index (χ1) is 11.1. The number of aliphatic hydroxyl groups excluding tert-OH is 1. The first-order valence-electron chi connectivity index (χ1n) is 8.23. The van der Waals surface area contributed by atoms with Gasteiger partial charge in [0.05, 0.1) is 11.8 Å². The molecule has 1 aromatic rings. The topological polar surface area (TPSA) is 77.5 Å². The van der Waals surface area contributed by atoms with Gasteiger partial charge in [-0.2, -0.15) is 0 Å². The number of hydrogen-bond acceptors (Lipinski definition) is 4. The second-order valence-electron chi connectivity index (χ2n) is 6.32. The molecule has 1 saturated carbocycles. The molecule has 0 bridgehead atoms. The smallest absolute Gasteiger partial charge is 0.319 e. The molecule has 3 N–H and O–H groups in total. The van der Waals surface area contributed by atoms with Crippen LogP contribution in [0, 0.1) is 0 Å². The van der Waals surface area contributed by atoms with Crippen molar-refractivity contribution in [2.24, 2.45) is 0 Å². The standard InChI is InChI=1S/C16H23ClN4O2/c17-15-12(3-2-8-18-15)20-16(23)19-11-6-9-21(10-7-11)13-4-1-5-14(13)22/h2-3,8,11,13-14,22H,1,4-7,9-10H2,(H2,19,20,23)/t13-,14-/m0/s1. The van der Waals surface area contributed by atoms with Gasteiger partial charge in [0, 0.05) is 31.4 Å². The molecule has 2 aliphatic rings. The molecule has 126 valence electrons. The van der Waals surface area contributed by atoms with Gasteiger partial charge in [-0.3, -0.25) is 4.90 Å². The highest BCUT2D eigenvalue weighted by molar-refractivity contribution is 6.32. The van der Waals surface area contributed by atoms with Crippen LogP contribution >= 0.6 is 11.6 Å². The quantitative estimate of drug-likeness (QED) is 0.739. The van der Waals surface area contributed by atoms with Gasteiger partial charge in [-0.05, 0) is 44.2 Å². The Morgan fingerprint density at radius 1 is 1.30 bits per heavy atom. The Morgan fingerprint density at radius 3 is 2.74 bits per heavy atom. The maximum atomic E-state index is 12.1. The number of urea groups is 1. The van der Waals surface area contributed by atoms with Crippen LogP contribution in [-0.4, -0.2) is 52.3 Å². The Balaban J connectivity index is 1.45. The van der Waals surface area contributed by atoms with E-state index in [9.17, 15) is 9.90 Å². The van der Waals surface area contributed by atoms with Crippen molar-refractivity contribution in [2.75, 3.05) is 18.4 Å². The van der Waals surface area contributed by atoms with E-state index in [1.807, 2.05) is 0 Å². The summed E-state index contributed by atoms with van der Waals surface area (Å²) in [6.45, 7) is 1.83. The van der Waals surface area contributed by atoms with Crippen LogP contribution in [0.4, 0.5) is 10.5 Å². The number of pyridine rings is 1. The zero-order valence-corrected chi connectivity index (χ0v) is 13.8. The fraction of sp³-hybridized carbons (Fsp3) is 0.625. The molecular weight excluding hydrogens is 316 g/mol. The van der Waals surface area contributed by atoms with Gasteiger partial charge in [-0.1, -0.05) is 11.6 Å². The van der Waals surface area contributed by atoms with Gasteiger partial charge in [0.1, 0.15) is 0 Å². The highest BCUT2D eigenvalue weighted by atomic mass is 35.5. The molecule has 1 saturated heterocycles. The van der Waals surface area contributed by atoms with E-state index in [1.54, 1.807) is 18.3 Å². The molecule has 2 fully saturated rings. The largest absolute Gasteiger partial charge is 0.391 e. The van der Waals surface area contributed by atoms with Crippen molar-refractivity contribution in [3.8, 4) is 0 Å². The number of rotatable bonds is 3. The molecule has 23 heavy (non-hydrogen) atoms. The van der Waals surface area contributed by atoms with E-state index < -0.39 is 0 Å². The molecule has 0 aromatic carbocycles. The third-order valence-corrected chi connectivity index (χ3v) is 5.09. The lowest BCUT2D eigenvalue weighted by atomic mass is 10.0. The Labute approximate surface area is 141 Å². The number of aliphatic hydroxyl groups is 1. The number of nitrogens with zero attached hydrogens (tertiary/aromatic N) is 2. The maximum absolute atomic E-state index is 12.1. The number of halogens is 1. The molecule has 1 aliphatic heterocycles. The van der Waals surface area contributed by atoms with E-state index in [0.29, 0.717) is 11.7 Å². The molecule has 0 radical (unpaired) electrons. The highest BCUT2D eigenvalue weighted by Gasteiger charge is 2.33. The Morgan fingerprint density at radius 2 is 2.09 bits per heavy atom. The van der Waals surface area contributed by atoms with Crippen LogP contribution < -0.4 is 10.6 Å². The molecule has 3 rings (SSSR count). The van der Waals surface area contributed by atoms with Crippen molar-refractivity contribution in [1.82, 2.24) is 15.2 Å². The SMILES string of the molecule is O=C(Nc1cccnc1Cl)NC1CCN([C@H]2CCC[C@@H]2O)CC1. The maximum Gasteiger partial charge on any atom is 0.319 e. The van der Waals surface area contributed by atoms with Crippen LogP contribution in [0.3, 0.4) is 0 Å². The van der Waals surface area contributed by atoms with E-state index in [2.05, 4.69) is 20.5 Å². The van der Waals surface area contributed by atoms with Gasteiger partial charge < -0.3 is 15.7 Å². The van der Waals surface area contributed by atoms with Gasteiger partial charge in [0.2, 0.25) is 0 Å². The molecule has 7 heteroatoms. The number of hydrogen-bond donors (Lipinski definition) is 3. The lowest BCUT2D eigenvalue weighted by Gasteiger charge is -2.37. The summed E-state index contributed by atoms with van der Waals surface area (Å²) in [6.07, 6.45) is 6.30. The van der Waals surface area contributed by atoms with Crippen molar-refractivity contribution < 1.29 is 9.90 Å². The van der Waals surface area contributed by atoms with Crippen LogP contribution in [-0.2, 0) is 0 Å². The first kappa shape index (κ1) is 16.5. The fourth-order valence-electron chi connectivity index (χ4n) is 3.55. The summed E-state index contributed by atoms with van der Waals surface area (Å²) in [4.78, 5) is 18.4. The van der Waals surface area contributed by atoms with Crippen LogP contribution in [0.25, 0.3) is 0 Å². The van der Waals surface area contributed by atoms with Crippen molar-refractivity contribution in [3.63, 3.8) is 0 Å². The lowest BCUT2D eigenvalue weighted by molar-refractivity contribution is 0.0537. The third kappa shape index (κ3) is 4.13. The van der Waals surface area contributed by atoms with Crippen LogP contribution in [0.1, 0.15) is 32.1 Å². The van der Waals surface area contributed by atoms with E-state index in [1.165, 1.54) is 0 Å². The lowest BCUT2D eigenvalue weighted by Crippen LogP contribution is -2.50. The van der Waals surface area contributed by atoms with E-state index in [0.717, 1.165) is 45.2 Å². The van der Waals surface area contributed by atoms with Crippen molar-refractivity contribution in [1.29, 1.82) is 0 Å². The zero-order valence-electron chi connectivity index (χ0n) is 13.0. The number of nitrogens with one attached hydrogen (secondary N) is 2. The minimum Gasteiger partial charge on any atom is -0.391 e. The van der Waals surface area contributed by atoms with Crippen molar-refractivity contribution in [2.45, 2.75) is 50.3 Å². The van der Waals surface area contributed by atoms with Crippen LogP contribution in [0.2, 0.25) is 5.15 Å². The predicted molar refractivity (Wildman–Crippen MR) is 89.6 cm³/mol. The fourth-order valence-corrected chi connectivity index (χ4v) is 3.71. The number of anilines is 1. The van der Waals surface area contributed by atoms with Crippen LogP contribution in [0.15, 0.2) is 18.3 Å². The van der Waals surface area contributed by atoms with Crippen molar-refractivity contribution >= 4 is 23.3 Å². The summed E-state index contributed by atoms with van der Waals surface area (Å²) in [6, 6.07) is 3.66. The van der Waals surface area contributed by atoms with Gasteiger partial charge in [0.25, 0.3) is 0 Å². The molecule has 0 spiro atoms. The summed E-state index contributed by atoms with van der Waals surface area (Å²) in [7, 11) is 0. The van der Waals surface area contributed by atoms with Gasteiger partial charge in [-0.15, -0.1) is 0 Å². The minimum atomic E-state index is -0.251. The second-order valence-corrected chi connectivity index (χ2v) is 6.67. The van der Waals surface area contributed by atoms with Gasteiger partial charge in [0.15, 0.2) is 5.15 Å². The van der Waals surface area contributed by atoms with Crippen molar-refractivity contribution in [3.05, 3.63) is 23.5 Å². The molecule has 1 aromatic heterocycles. The third-order valence-electron chi connectivity index (χ3n) is 4.79. The Bertz CT molecular complexity index is 549. The summed E-state index contributed by atoms with van der Waals surface area (Å²) >= 11 is 5.93. The summed E-state index contributed by atoms with van der Waals surface area (Å²) in [5.41, 5.74) is 0.512. The average Bonchev–Trinajstić information content (AvgIpc) is 2.96. The number of carbonyl (C=O) groups is 1. The molecule has 1 aliphatic carbocycles. The Hall–Kier alpha value is -1.37. The second kappa shape index (κ2) is 7.47. The van der Waals surface area contributed by atoms with Gasteiger partial charge in [-0.25, -0.2) is 9.78 Å². The van der Waals surface area contributed by atoms with Gasteiger partial charge >= 0.3 is 6.03 Å².